The summed E-state index contributed by atoms with van der Waals surface area (Å²) in [5, 5.41) is 17.3. The highest BCUT2D eigenvalue weighted by molar-refractivity contribution is 5.78. The molecular formula is C18H31N7O5. The molecule has 1 aliphatic heterocycles. The molecule has 2 heterocycles. The van der Waals surface area contributed by atoms with Crippen molar-refractivity contribution in [1.29, 1.82) is 0 Å². The Hall–Kier alpha value is -3.02. The van der Waals surface area contributed by atoms with Gasteiger partial charge in [0.25, 0.3) is 12.0 Å². The number of rotatable bonds is 7. The Morgan fingerprint density at radius 1 is 1.40 bits per heavy atom. The van der Waals surface area contributed by atoms with Gasteiger partial charge in [0.1, 0.15) is 5.69 Å². The molecule has 30 heavy (non-hydrogen) atoms. The van der Waals surface area contributed by atoms with Crippen molar-refractivity contribution in [2.24, 2.45) is 5.92 Å². The molecule has 0 radical (unpaired) electrons. The number of piperidine rings is 1. The zero-order chi connectivity index (χ0) is 22.7. The lowest BCUT2D eigenvalue weighted by Gasteiger charge is -2.38. The molecule has 0 bridgehead atoms. The van der Waals surface area contributed by atoms with Gasteiger partial charge in [-0.3, -0.25) is 24.2 Å². The van der Waals surface area contributed by atoms with Gasteiger partial charge in [0.15, 0.2) is 0 Å². The number of H-pyrrole nitrogens is 1. The van der Waals surface area contributed by atoms with Crippen LogP contribution >= 0.6 is 0 Å². The second-order valence-electron chi connectivity index (χ2n) is 7.30. The summed E-state index contributed by atoms with van der Waals surface area (Å²) in [6, 6.07) is 0.0808. The average molecular weight is 425 g/mol. The minimum absolute atomic E-state index is 0.00405. The van der Waals surface area contributed by atoms with E-state index in [1.54, 1.807) is 0 Å². The van der Waals surface area contributed by atoms with Crippen LogP contribution in [0.25, 0.3) is 0 Å². The van der Waals surface area contributed by atoms with Gasteiger partial charge >= 0.3 is 0 Å². The molecule has 0 spiro atoms. The van der Waals surface area contributed by atoms with Gasteiger partial charge in [-0.25, -0.2) is 0 Å². The van der Waals surface area contributed by atoms with E-state index in [1.165, 1.54) is 0 Å². The Morgan fingerprint density at radius 3 is 2.63 bits per heavy atom. The number of carbonyl (C=O) groups is 3. The molecular weight excluding hydrogens is 394 g/mol. The third kappa shape index (κ3) is 8.15. The van der Waals surface area contributed by atoms with Gasteiger partial charge in [-0.05, 0) is 32.9 Å². The highest BCUT2D eigenvalue weighted by Gasteiger charge is 2.31. The van der Waals surface area contributed by atoms with Gasteiger partial charge in [0.05, 0.1) is 6.54 Å². The number of amides is 2. The van der Waals surface area contributed by atoms with Crippen LogP contribution < -0.4 is 16.6 Å². The second kappa shape index (κ2) is 12.5. The van der Waals surface area contributed by atoms with Crippen LogP contribution in [0.15, 0.2) is 4.79 Å². The quantitative estimate of drug-likeness (QED) is 0.386. The number of nitrogens with two attached hydrogens (primary N) is 1. The predicted molar refractivity (Wildman–Crippen MR) is 110 cm³/mol. The van der Waals surface area contributed by atoms with Gasteiger partial charge in [-0.15, -0.1) is 10.2 Å². The van der Waals surface area contributed by atoms with E-state index in [-0.39, 0.29) is 54.7 Å². The van der Waals surface area contributed by atoms with E-state index in [0.717, 1.165) is 12.8 Å². The van der Waals surface area contributed by atoms with E-state index >= 15 is 0 Å². The van der Waals surface area contributed by atoms with Crippen molar-refractivity contribution in [3.8, 4) is 0 Å². The third-order valence-electron chi connectivity index (χ3n) is 4.78. The van der Waals surface area contributed by atoms with Crippen molar-refractivity contribution in [3.05, 3.63) is 16.0 Å². The fourth-order valence-electron chi connectivity index (χ4n) is 3.32. The maximum atomic E-state index is 12.5. The smallest absolute Gasteiger partial charge is 0.290 e. The molecule has 0 aliphatic carbocycles. The normalized spacial score (nSPS) is 18.3. The van der Waals surface area contributed by atoms with Crippen molar-refractivity contribution in [2.75, 3.05) is 39.5 Å². The molecule has 0 unspecified atom stereocenters. The lowest BCUT2D eigenvalue weighted by molar-refractivity contribution is -0.133. The highest BCUT2D eigenvalue weighted by Crippen LogP contribution is 2.21. The Bertz CT molecular complexity index is 768. The number of anilines is 1. The SMILES string of the molecule is CC[C@@H]1CN(C(=O)CCc2nnc(N)[nH]c2=O)CC[C@@H]1NC(=O)CN(C)C.O=CO. The average Bonchev–Trinajstić information content (AvgIpc) is 2.67. The number of likely N-dealkylation sites (N-methyl/N-ethyl adjacent to an activating group) is 1. The van der Waals surface area contributed by atoms with Crippen LogP contribution in [0.1, 0.15) is 31.9 Å². The topological polar surface area (TPSA) is 175 Å². The van der Waals surface area contributed by atoms with Gasteiger partial charge in [0, 0.05) is 32.0 Å². The highest BCUT2D eigenvalue weighted by atomic mass is 16.3. The summed E-state index contributed by atoms with van der Waals surface area (Å²) < 4.78 is 0. The van der Waals surface area contributed by atoms with Crippen LogP contribution in [0.5, 0.6) is 0 Å². The van der Waals surface area contributed by atoms with E-state index in [1.807, 2.05) is 23.9 Å². The largest absolute Gasteiger partial charge is 0.483 e. The van der Waals surface area contributed by atoms with Crippen LogP contribution in [-0.4, -0.2) is 88.1 Å². The number of hydrogen-bond donors (Lipinski definition) is 4. The number of nitrogen functional groups attached to an aromatic ring is 1. The minimum Gasteiger partial charge on any atom is -0.483 e. The Kier molecular flexibility index (Phi) is 10.4. The Morgan fingerprint density at radius 2 is 2.07 bits per heavy atom. The molecule has 1 aromatic heterocycles. The number of nitrogens with one attached hydrogen (secondary N) is 2. The van der Waals surface area contributed by atoms with Gasteiger partial charge in [-0.2, -0.15) is 0 Å². The summed E-state index contributed by atoms with van der Waals surface area (Å²) >= 11 is 0. The number of aromatic nitrogens is 3. The summed E-state index contributed by atoms with van der Waals surface area (Å²) in [5.74, 6) is 0.154. The van der Waals surface area contributed by atoms with Crippen LogP contribution in [0.2, 0.25) is 0 Å². The Labute approximate surface area is 174 Å². The minimum atomic E-state index is -0.413. The first-order valence-electron chi connectivity index (χ1n) is 9.72. The molecule has 12 heteroatoms. The molecule has 2 rings (SSSR count). The Balaban J connectivity index is 0.00000141. The molecule has 1 fully saturated rings. The van der Waals surface area contributed by atoms with E-state index in [4.69, 9.17) is 15.6 Å². The van der Waals surface area contributed by atoms with Crippen molar-refractivity contribution in [2.45, 2.75) is 38.6 Å². The monoisotopic (exact) mass is 425 g/mol. The number of carbonyl (C=O) groups excluding carboxylic acids is 2. The van der Waals surface area contributed by atoms with Crippen LogP contribution in [0, 0.1) is 5.92 Å². The first-order chi connectivity index (χ1) is 14.2. The zero-order valence-electron chi connectivity index (χ0n) is 17.6. The van der Waals surface area contributed by atoms with Crippen LogP contribution in [-0.2, 0) is 20.8 Å². The summed E-state index contributed by atoms with van der Waals surface area (Å²) in [6.07, 6.45) is 2.01. The van der Waals surface area contributed by atoms with Crippen molar-refractivity contribution >= 4 is 24.2 Å². The molecule has 2 atom stereocenters. The maximum absolute atomic E-state index is 12.5. The molecule has 168 valence electrons. The van der Waals surface area contributed by atoms with Crippen molar-refractivity contribution in [3.63, 3.8) is 0 Å². The van der Waals surface area contributed by atoms with Crippen LogP contribution in [0.3, 0.4) is 0 Å². The van der Waals surface area contributed by atoms with Crippen molar-refractivity contribution < 1.29 is 19.5 Å². The number of hydrogen-bond acceptors (Lipinski definition) is 8. The van der Waals surface area contributed by atoms with E-state index in [0.29, 0.717) is 19.6 Å². The van der Waals surface area contributed by atoms with Gasteiger partial charge in [-0.1, -0.05) is 6.92 Å². The summed E-state index contributed by atoms with van der Waals surface area (Å²) in [6.45, 7) is 3.36. The fourth-order valence-corrected chi connectivity index (χ4v) is 3.32. The van der Waals surface area contributed by atoms with E-state index in [9.17, 15) is 14.4 Å². The predicted octanol–water partition coefficient (Wildman–Crippen LogP) is -1.31. The zero-order valence-corrected chi connectivity index (χ0v) is 17.6. The summed E-state index contributed by atoms with van der Waals surface area (Å²) in [4.78, 5) is 50.7. The van der Waals surface area contributed by atoms with E-state index in [2.05, 4.69) is 27.4 Å². The number of aromatic amines is 1. The summed E-state index contributed by atoms with van der Waals surface area (Å²) in [7, 11) is 3.71. The van der Waals surface area contributed by atoms with Crippen LogP contribution in [0.4, 0.5) is 5.95 Å². The maximum Gasteiger partial charge on any atom is 0.290 e. The summed E-state index contributed by atoms with van der Waals surface area (Å²) in [5.41, 5.74) is 5.16. The number of likely N-dealkylation sites (tertiary alicyclic amines) is 1. The lowest BCUT2D eigenvalue weighted by atomic mass is 9.89. The second-order valence-corrected chi connectivity index (χ2v) is 7.30. The first-order valence-corrected chi connectivity index (χ1v) is 9.72. The van der Waals surface area contributed by atoms with Gasteiger partial charge in [0.2, 0.25) is 17.8 Å². The molecule has 5 N–H and O–H groups in total. The molecule has 1 saturated heterocycles. The number of nitrogens with zero attached hydrogens (tertiary/aromatic N) is 4. The molecule has 0 aromatic carbocycles. The standard InChI is InChI=1S/C17H29N7O3.CH2O2/c1-4-11-9-24(8-7-12(11)19-14(25)10-23(2)3)15(26)6-5-13-16(27)20-17(18)22-21-13;2-1-3/h11-12H,4-10H2,1-3H3,(H,19,25)(H3,18,20,22,27);1H,(H,2,3)/t11-,12+;/m1./s1. The molecule has 1 aliphatic rings. The fraction of sp³-hybridized carbons (Fsp3) is 0.667. The lowest BCUT2D eigenvalue weighted by Crippen LogP contribution is -2.53. The first kappa shape index (κ1) is 25.0. The number of aryl methyl sites for hydroxylation is 1. The molecule has 1 aromatic rings. The van der Waals surface area contributed by atoms with E-state index < -0.39 is 5.56 Å². The van der Waals surface area contributed by atoms with Crippen molar-refractivity contribution in [1.82, 2.24) is 30.3 Å². The van der Waals surface area contributed by atoms with Gasteiger partial charge < -0.3 is 26.0 Å². The molecule has 2 amide bonds. The third-order valence-corrected chi connectivity index (χ3v) is 4.78. The molecule has 0 saturated carbocycles. The molecule has 12 nitrogen and oxygen atoms in total. The number of carboxylic acid groups (broad SMARTS) is 1.